The van der Waals surface area contributed by atoms with Crippen molar-refractivity contribution in [3.63, 3.8) is 0 Å². The standard InChI is InChI=1S/C24H23ClN4O3/c1-4-17(29(2)3)26-22(30)15-7-5-6-14(12-15)21-19-18(23(31)28-21)20(27-24(19)32)13-8-10-16(25)11-9-13/h5-12,17H,4H2,1-3H3,(H,26,30)(H,27,32)(H,28,31). The first-order chi connectivity index (χ1) is 15.3. The molecule has 0 aliphatic carbocycles. The summed E-state index contributed by atoms with van der Waals surface area (Å²) in [4.78, 5) is 40.3. The maximum Gasteiger partial charge on any atom is 0.258 e. The van der Waals surface area contributed by atoms with Crippen molar-refractivity contribution < 1.29 is 14.4 Å². The van der Waals surface area contributed by atoms with Crippen LogP contribution < -0.4 is 16.0 Å². The maximum atomic E-state index is 12.8. The maximum absolute atomic E-state index is 12.8. The number of hydrogen-bond acceptors (Lipinski definition) is 4. The lowest BCUT2D eigenvalue weighted by molar-refractivity contribution is -0.117. The Morgan fingerprint density at radius 1 is 0.969 bits per heavy atom. The Morgan fingerprint density at radius 3 is 2.12 bits per heavy atom. The highest BCUT2D eigenvalue weighted by Crippen LogP contribution is 2.37. The van der Waals surface area contributed by atoms with Crippen LogP contribution in [-0.4, -0.2) is 42.9 Å². The van der Waals surface area contributed by atoms with Gasteiger partial charge in [0.2, 0.25) is 0 Å². The predicted octanol–water partition coefficient (Wildman–Crippen LogP) is 2.75. The van der Waals surface area contributed by atoms with E-state index in [1.54, 1.807) is 48.5 Å². The molecule has 3 amide bonds. The third-order valence-electron chi connectivity index (χ3n) is 5.54. The quantitative estimate of drug-likeness (QED) is 0.590. The molecule has 7 nitrogen and oxygen atoms in total. The molecule has 2 aliphatic heterocycles. The lowest BCUT2D eigenvalue weighted by Gasteiger charge is -2.24. The Bertz CT molecular complexity index is 1180. The Balaban J connectivity index is 1.72. The summed E-state index contributed by atoms with van der Waals surface area (Å²) in [5, 5.41) is 9.15. The molecule has 2 aromatic rings. The van der Waals surface area contributed by atoms with E-state index < -0.39 is 0 Å². The zero-order valence-electron chi connectivity index (χ0n) is 18.0. The Labute approximate surface area is 191 Å². The summed E-state index contributed by atoms with van der Waals surface area (Å²) in [6.45, 7) is 1.99. The first-order valence-electron chi connectivity index (χ1n) is 10.3. The number of halogens is 1. The second kappa shape index (κ2) is 8.61. The van der Waals surface area contributed by atoms with Gasteiger partial charge in [0.05, 0.1) is 28.7 Å². The van der Waals surface area contributed by atoms with Gasteiger partial charge in [0.1, 0.15) is 0 Å². The van der Waals surface area contributed by atoms with E-state index in [0.717, 1.165) is 6.42 Å². The van der Waals surface area contributed by atoms with E-state index >= 15 is 0 Å². The van der Waals surface area contributed by atoms with Crippen molar-refractivity contribution in [1.82, 2.24) is 20.9 Å². The van der Waals surface area contributed by atoms with E-state index in [2.05, 4.69) is 16.0 Å². The number of carbonyl (C=O) groups is 3. The van der Waals surface area contributed by atoms with Gasteiger partial charge in [-0.1, -0.05) is 42.8 Å². The van der Waals surface area contributed by atoms with Crippen LogP contribution >= 0.6 is 11.6 Å². The average Bonchev–Trinajstić information content (AvgIpc) is 3.30. The van der Waals surface area contributed by atoms with Crippen molar-refractivity contribution in [2.75, 3.05) is 14.1 Å². The van der Waals surface area contributed by atoms with Gasteiger partial charge in [-0.25, -0.2) is 0 Å². The number of benzene rings is 2. The average molecular weight is 451 g/mol. The molecule has 8 heteroatoms. The zero-order chi connectivity index (χ0) is 23.0. The normalized spacial score (nSPS) is 16.3. The number of carbonyl (C=O) groups excluding carboxylic acids is 3. The molecule has 1 atom stereocenters. The van der Waals surface area contributed by atoms with Gasteiger partial charge in [-0.3, -0.25) is 19.3 Å². The fraction of sp³-hybridized carbons (Fsp3) is 0.208. The van der Waals surface area contributed by atoms with Crippen molar-refractivity contribution in [2.24, 2.45) is 0 Å². The van der Waals surface area contributed by atoms with Crippen LogP contribution in [0.25, 0.3) is 11.4 Å². The van der Waals surface area contributed by atoms with Gasteiger partial charge in [0.15, 0.2) is 0 Å². The number of amides is 3. The molecule has 0 aromatic heterocycles. The Hall–Kier alpha value is -3.42. The van der Waals surface area contributed by atoms with Gasteiger partial charge in [-0.05, 0) is 55.9 Å². The number of fused-ring (bicyclic) bond motifs is 1. The molecule has 0 spiro atoms. The van der Waals surface area contributed by atoms with Crippen LogP contribution in [0.5, 0.6) is 0 Å². The van der Waals surface area contributed by atoms with Gasteiger partial charge in [-0.15, -0.1) is 0 Å². The molecule has 2 heterocycles. The topological polar surface area (TPSA) is 90.5 Å². The molecule has 2 aromatic carbocycles. The first-order valence-corrected chi connectivity index (χ1v) is 10.6. The zero-order valence-corrected chi connectivity index (χ0v) is 18.7. The van der Waals surface area contributed by atoms with E-state index in [0.29, 0.717) is 38.7 Å². The second-order valence-electron chi connectivity index (χ2n) is 7.86. The number of nitrogens with zero attached hydrogens (tertiary/aromatic N) is 1. The van der Waals surface area contributed by atoms with Gasteiger partial charge < -0.3 is 16.0 Å². The predicted molar refractivity (Wildman–Crippen MR) is 123 cm³/mol. The van der Waals surface area contributed by atoms with E-state index in [4.69, 9.17) is 11.6 Å². The second-order valence-corrected chi connectivity index (χ2v) is 8.29. The van der Waals surface area contributed by atoms with Crippen LogP contribution in [0.1, 0.15) is 34.8 Å². The molecule has 0 saturated carbocycles. The molecular weight excluding hydrogens is 428 g/mol. The molecule has 3 N–H and O–H groups in total. The van der Waals surface area contributed by atoms with Crippen molar-refractivity contribution in [2.45, 2.75) is 19.5 Å². The van der Waals surface area contributed by atoms with Crippen molar-refractivity contribution in [1.29, 1.82) is 0 Å². The van der Waals surface area contributed by atoms with Crippen LogP contribution in [0, 0.1) is 0 Å². The van der Waals surface area contributed by atoms with E-state index in [1.807, 2.05) is 25.9 Å². The van der Waals surface area contributed by atoms with Crippen LogP contribution in [0.4, 0.5) is 0 Å². The van der Waals surface area contributed by atoms with Crippen LogP contribution in [-0.2, 0) is 9.59 Å². The summed E-state index contributed by atoms with van der Waals surface area (Å²) in [7, 11) is 3.80. The van der Waals surface area contributed by atoms with E-state index in [1.165, 1.54) is 0 Å². The van der Waals surface area contributed by atoms with Gasteiger partial charge in [-0.2, -0.15) is 0 Å². The minimum Gasteiger partial charge on any atom is -0.337 e. The minimum absolute atomic E-state index is 0.101. The lowest BCUT2D eigenvalue weighted by Crippen LogP contribution is -2.44. The Morgan fingerprint density at radius 2 is 1.56 bits per heavy atom. The molecule has 0 saturated heterocycles. The smallest absolute Gasteiger partial charge is 0.258 e. The van der Waals surface area contributed by atoms with E-state index in [-0.39, 0.29) is 29.5 Å². The fourth-order valence-electron chi connectivity index (χ4n) is 3.88. The van der Waals surface area contributed by atoms with Crippen LogP contribution in [0.3, 0.4) is 0 Å². The first kappa shape index (κ1) is 21.8. The molecule has 4 rings (SSSR count). The van der Waals surface area contributed by atoms with Crippen molar-refractivity contribution in [3.05, 3.63) is 81.4 Å². The number of nitrogens with one attached hydrogen (secondary N) is 3. The van der Waals surface area contributed by atoms with Gasteiger partial charge in [0.25, 0.3) is 17.7 Å². The summed E-state index contributed by atoms with van der Waals surface area (Å²) in [5.74, 6) is -0.963. The van der Waals surface area contributed by atoms with Crippen molar-refractivity contribution in [3.8, 4) is 0 Å². The molecule has 164 valence electrons. The van der Waals surface area contributed by atoms with Crippen LogP contribution in [0.15, 0.2) is 59.7 Å². The molecule has 2 aliphatic rings. The summed E-state index contributed by atoms with van der Waals surface area (Å²) in [5.41, 5.74) is 3.12. The Kier molecular flexibility index (Phi) is 5.86. The minimum atomic E-state index is -0.369. The van der Waals surface area contributed by atoms with Gasteiger partial charge in [0, 0.05) is 10.6 Å². The highest BCUT2D eigenvalue weighted by Gasteiger charge is 2.40. The third-order valence-corrected chi connectivity index (χ3v) is 5.79. The third kappa shape index (κ3) is 3.92. The highest BCUT2D eigenvalue weighted by molar-refractivity contribution is 6.31. The molecular formula is C24H23ClN4O3. The van der Waals surface area contributed by atoms with E-state index in [9.17, 15) is 14.4 Å². The highest BCUT2D eigenvalue weighted by atomic mass is 35.5. The summed E-state index contributed by atoms with van der Waals surface area (Å²) in [6.07, 6.45) is 0.655. The molecule has 0 fully saturated rings. The summed E-state index contributed by atoms with van der Waals surface area (Å²) < 4.78 is 0. The van der Waals surface area contributed by atoms with Gasteiger partial charge >= 0.3 is 0 Å². The van der Waals surface area contributed by atoms with Crippen LogP contribution in [0.2, 0.25) is 5.02 Å². The largest absolute Gasteiger partial charge is 0.337 e. The SMILES string of the molecule is CCC(NC(=O)c1cccc(C2=C3C(=O)NC(c4ccc(Cl)cc4)=C3C(=O)N2)c1)N(C)C. The molecule has 1 unspecified atom stereocenters. The van der Waals surface area contributed by atoms with Crippen molar-refractivity contribution >= 4 is 40.7 Å². The molecule has 0 bridgehead atoms. The summed E-state index contributed by atoms with van der Waals surface area (Å²) in [6, 6.07) is 13.8. The fourth-order valence-corrected chi connectivity index (χ4v) is 4.00. The molecule has 32 heavy (non-hydrogen) atoms. The molecule has 0 radical (unpaired) electrons. The summed E-state index contributed by atoms with van der Waals surface area (Å²) >= 11 is 5.96. The monoisotopic (exact) mass is 450 g/mol. The lowest BCUT2D eigenvalue weighted by atomic mass is 10.0. The number of rotatable bonds is 6. The number of hydrogen-bond donors (Lipinski definition) is 3.